The largest absolute Gasteiger partial charge is 0.330 e. The number of carbonyl (C=O) groups is 1. The van der Waals surface area contributed by atoms with Gasteiger partial charge in [0, 0.05) is 22.7 Å². The number of hydrogen-bond acceptors (Lipinski definition) is 4. The molecule has 0 N–H and O–H groups in total. The van der Waals surface area contributed by atoms with Gasteiger partial charge in [0.1, 0.15) is 10.7 Å². The van der Waals surface area contributed by atoms with Gasteiger partial charge in [0.2, 0.25) is 0 Å². The third kappa shape index (κ3) is 4.17. The Kier molecular flexibility index (Phi) is 5.40. The lowest BCUT2D eigenvalue weighted by atomic mass is 10.1. The molecule has 3 aromatic rings. The van der Waals surface area contributed by atoms with Crippen LogP contribution >= 0.6 is 22.9 Å². The van der Waals surface area contributed by atoms with Crippen molar-refractivity contribution in [3.63, 3.8) is 0 Å². The Hall–Kier alpha value is -1.96. The van der Waals surface area contributed by atoms with Crippen molar-refractivity contribution < 1.29 is 17.6 Å². The van der Waals surface area contributed by atoms with Gasteiger partial charge in [0.25, 0.3) is 5.91 Å². The van der Waals surface area contributed by atoms with Crippen molar-refractivity contribution in [3.05, 3.63) is 69.3 Å². The number of rotatable bonds is 4. The molecule has 152 valence electrons. The lowest BCUT2D eigenvalue weighted by Crippen LogP contribution is -2.40. The molecule has 0 saturated carbocycles. The maximum Gasteiger partial charge on any atom is 0.266 e. The third-order valence-corrected chi connectivity index (χ3v) is 8.55. The fraction of sp³-hybridized carbons (Fsp3) is 0.286. The summed E-state index contributed by atoms with van der Waals surface area (Å²) in [5.41, 5.74) is 1.80. The highest BCUT2D eigenvalue weighted by Crippen LogP contribution is 2.37. The van der Waals surface area contributed by atoms with Crippen molar-refractivity contribution in [2.24, 2.45) is 0 Å². The minimum Gasteiger partial charge on any atom is -0.330 e. The normalized spacial score (nSPS) is 18.2. The van der Waals surface area contributed by atoms with Crippen LogP contribution in [0.4, 0.5) is 4.39 Å². The van der Waals surface area contributed by atoms with Crippen LogP contribution in [0.1, 0.15) is 27.2 Å². The molecule has 1 atom stereocenters. The van der Waals surface area contributed by atoms with Crippen LogP contribution in [0.2, 0.25) is 5.02 Å². The van der Waals surface area contributed by atoms with E-state index in [1.807, 2.05) is 25.1 Å². The molecule has 1 aliphatic heterocycles. The smallest absolute Gasteiger partial charge is 0.266 e. The predicted molar refractivity (Wildman–Crippen MR) is 115 cm³/mol. The molecule has 4 nitrogen and oxygen atoms in total. The van der Waals surface area contributed by atoms with Crippen LogP contribution in [0, 0.1) is 12.7 Å². The topological polar surface area (TPSA) is 54.5 Å². The maximum atomic E-state index is 13.5. The zero-order chi connectivity index (χ0) is 20.8. The molecule has 4 rings (SSSR count). The third-order valence-electron chi connectivity index (χ3n) is 5.16. The van der Waals surface area contributed by atoms with Gasteiger partial charge in [-0.15, -0.1) is 11.3 Å². The van der Waals surface area contributed by atoms with Crippen LogP contribution in [-0.4, -0.2) is 36.8 Å². The number of hydrogen-bond donors (Lipinski definition) is 0. The zero-order valence-corrected chi connectivity index (χ0v) is 18.1. The lowest BCUT2D eigenvalue weighted by Gasteiger charge is -2.28. The molecule has 1 amide bonds. The molecule has 1 aliphatic rings. The molecule has 2 aromatic carbocycles. The van der Waals surface area contributed by atoms with E-state index in [1.165, 1.54) is 23.5 Å². The van der Waals surface area contributed by atoms with E-state index in [0.717, 1.165) is 21.2 Å². The van der Waals surface area contributed by atoms with Crippen molar-refractivity contribution in [1.29, 1.82) is 0 Å². The van der Waals surface area contributed by atoms with Crippen LogP contribution in [0.25, 0.3) is 10.1 Å². The second-order valence-electron chi connectivity index (χ2n) is 7.36. The average Bonchev–Trinajstić information content (AvgIpc) is 3.19. The summed E-state index contributed by atoms with van der Waals surface area (Å²) in [4.78, 5) is 15.4. The van der Waals surface area contributed by atoms with Crippen molar-refractivity contribution in [2.45, 2.75) is 25.9 Å². The summed E-state index contributed by atoms with van der Waals surface area (Å²) in [5, 5.41) is 1.20. The Morgan fingerprint density at radius 1 is 1.24 bits per heavy atom. The van der Waals surface area contributed by atoms with Crippen LogP contribution in [0.5, 0.6) is 0 Å². The fourth-order valence-corrected chi connectivity index (χ4v) is 6.91. The number of amides is 1. The molecule has 29 heavy (non-hydrogen) atoms. The van der Waals surface area contributed by atoms with Crippen molar-refractivity contribution >= 4 is 48.8 Å². The summed E-state index contributed by atoms with van der Waals surface area (Å²) in [6.07, 6.45) is 0.386. The molecule has 1 aromatic heterocycles. The second-order valence-corrected chi connectivity index (χ2v) is 11.0. The first-order chi connectivity index (χ1) is 13.7. The molecule has 0 spiro atoms. The Balaban J connectivity index is 1.73. The summed E-state index contributed by atoms with van der Waals surface area (Å²) in [7, 11) is -3.18. The monoisotopic (exact) mass is 451 g/mol. The van der Waals surface area contributed by atoms with E-state index in [0.29, 0.717) is 16.3 Å². The molecule has 1 unspecified atom stereocenters. The molecule has 2 heterocycles. The summed E-state index contributed by atoms with van der Waals surface area (Å²) in [5.74, 6) is -0.663. The van der Waals surface area contributed by atoms with Crippen LogP contribution in [0.3, 0.4) is 0 Å². The number of benzene rings is 2. The highest BCUT2D eigenvalue weighted by atomic mass is 35.5. The van der Waals surface area contributed by atoms with Gasteiger partial charge >= 0.3 is 0 Å². The van der Waals surface area contributed by atoms with Crippen LogP contribution < -0.4 is 0 Å². The van der Waals surface area contributed by atoms with Gasteiger partial charge in [0.05, 0.1) is 16.5 Å². The van der Waals surface area contributed by atoms with Gasteiger partial charge in [-0.3, -0.25) is 4.79 Å². The van der Waals surface area contributed by atoms with E-state index < -0.39 is 15.9 Å². The van der Waals surface area contributed by atoms with Gasteiger partial charge in [-0.25, -0.2) is 12.8 Å². The first-order valence-electron chi connectivity index (χ1n) is 9.18. The Bertz CT molecular complexity index is 1190. The zero-order valence-electron chi connectivity index (χ0n) is 15.7. The van der Waals surface area contributed by atoms with Crippen molar-refractivity contribution in [3.8, 4) is 0 Å². The number of sulfone groups is 1. The molecular weight excluding hydrogens is 433 g/mol. The highest BCUT2D eigenvalue weighted by Gasteiger charge is 2.36. The first kappa shape index (κ1) is 20.3. The molecule has 1 saturated heterocycles. The number of nitrogens with zero attached hydrogens (tertiary/aromatic N) is 1. The summed E-state index contributed by atoms with van der Waals surface area (Å²) >= 11 is 7.84. The van der Waals surface area contributed by atoms with Crippen LogP contribution in [-0.2, 0) is 16.4 Å². The van der Waals surface area contributed by atoms with Gasteiger partial charge in [-0.2, -0.15) is 0 Å². The SMILES string of the molecule is Cc1ccc2c(Cl)c(C(=O)N(Cc3ccc(F)cc3)C3CCS(=O)(=O)C3)sc2c1. The predicted octanol–water partition coefficient (Wildman–Crippen LogP) is 4.83. The Morgan fingerprint density at radius 2 is 1.97 bits per heavy atom. The van der Waals surface area contributed by atoms with Crippen molar-refractivity contribution in [1.82, 2.24) is 4.90 Å². The summed E-state index contributed by atoms with van der Waals surface area (Å²) in [6.45, 7) is 2.17. The van der Waals surface area contributed by atoms with E-state index in [2.05, 4.69) is 0 Å². The lowest BCUT2D eigenvalue weighted by molar-refractivity contribution is 0.0686. The Morgan fingerprint density at radius 3 is 2.62 bits per heavy atom. The number of halogens is 2. The highest BCUT2D eigenvalue weighted by molar-refractivity contribution is 7.91. The molecule has 0 radical (unpaired) electrons. The standard InChI is InChI=1S/C21H19ClFNO3S2/c1-13-2-7-17-18(10-13)28-20(19(17)22)21(25)24(16-8-9-29(26,27)12-16)11-14-3-5-15(23)6-4-14/h2-7,10,16H,8-9,11-12H2,1H3. The van der Waals surface area contributed by atoms with E-state index >= 15 is 0 Å². The van der Waals surface area contributed by atoms with Crippen LogP contribution in [0.15, 0.2) is 42.5 Å². The number of thiophene rings is 1. The first-order valence-corrected chi connectivity index (χ1v) is 12.2. The molecular formula is C21H19ClFNO3S2. The van der Waals surface area contributed by atoms with Gasteiger partial charge < -0.3 is 4.90 Å². The minimum absolute atomic E-state index is 0.0597. The summed E-state index contributed by atoms with van der Waals surface area (Å²) < 4.78 is 38.3. The number of carbonyl (C=O) groups excluding carboxylic acids is 1. The summed E-state index contributed by atoms with van der Waals surface area (Å²) in [6, 6.07) is 11.3. The van der Waals surface area contributed by atoms with Gasteiger partial charge in [-0.1, -0.05) is 35.9 Å². The maximum absolute atomic E-state index is 13.5. The second kappa shape index (κ2) is 7.70. The molecule has 1 fully saturated rings. The fourth-order valence-electron chi connectivity index (χ4n) is 3.61. The van der Waals surface area contributed by atoms with E-state index in [9.17, 15) is 17.6 Å². The molecule has 0 bridgehead atoms. The number of fused-ring (bicyclic) bond motifs is 1. The molecule has 8 heteroatoms. The van der Waals surface area contributed by atoms with E-state index in [-0.39, 0.29) is 29.8 Å². The van der Waals surface area contributed by atoms with Gasteiger partial charge in [-0.05, 0) is 42.7 Å². The minimum atomic E-state index is -3.18. The number of aryl methyl sites for hydroxylation is 1. The van der Waals surface area contributed by atoms with E-state index in [4.69, 9.17) is 11.6 Å². The quantitative estimate of drug-likeness (QED) is 0.570. The molecule has 0 aliphatic carbocycles. The average molecular weight is 452 g/mol. The Labute approximate surface area is 177 Å². The van der Waals surface area contributed by atoms with Crippen molar-refractivity contribution in [2.75, 3.05) is 11.5 Å². The van der Waals surface area contributed by atoms with Gasteiger partial charge in [0.15, 0.2) is 9.84 Å². The van der Waals surface area contributed by atoms with E-state index in [1.54, 1.807) is 17.0 Å².